The highest BCUT2D eigenvalue weighted by molar-refractivity contribution is 9.10. The van der Waals surface area contributed by atoms with Crippen molar-refractivity contribution >= 4 is 55.2 Å². The van der Waals surface area contributed by atoms with Crippen LogP contribution in [-0.4, -0.2) is 0 Å². The maximum atomic E-state index is 3.42. The summed E-state index contributed by atoms with van der Waals surface area (Å²) < 4.78 is 2.24. The van der Waals surface area contributed by atoms with E-state index in [1.165, 1.54) is 22.3 Å². The minimum atomic E-state index is 1.12. The fourth-order valence-corrected chi connectivity index (χ4v) is 3.07. The molecule has 0 saturated heterocycles. The van der Waals surface area contributed by atoms with Crippen LogP contribution in [-0.2, 0) is 0 Å². The van der Waals surface area contributed by atoms with Gasteiger partial charge < -0.3 is 0 Å². The molecule has 4 aromatic carbocycles. The zero-order valence-corrected chi connectivity index (χ0v) is 20.0. The average Bonchev–Trinajstić information content (AvgIpc) is 2.78. The molecule has 0 aromatic heterocycles. The summed E-state index contributed by atoms with van der Waals surface area (Å²) >= 11 is 13.3. The van der Waals surface area contributed by atoms with E-state index in [0.717, 1.165) is 8.95 Å². The Morgan fingerprint density at radius 3 is 0.893 bits per heavy atom. The molecular formula is C24H20Br2S2. The van der Waals surface area contributed by atoms with Crippen molar-refractivity contribution < 1.29 is 0 Å². The largest absolute Gasteiger partial charge is 0.115 e. The molecular weight excluding hydrogens is 512 g/mol. The molecule has 0 fully saturated rings. The Kier molecular flexibility index (Phi) is 10.5. The maximum absolute atomic E-state index is 3.42. The van der Waals surface area contributed by atoms with Crippen LogP contribution < -0.4 is 0 Å². The third-order valence-electron chi connectivity index (χ3n) is 3.90. The standard InChI is InChI=1S/2C12H9Br.H2S2/c2*13-12-8-6-11(7-9-12)10-4-2-1-3-5-10;1-2/h2*1-9H;1-2H. The first-order valence-electron chi connectivity index (χ1n) is 8.54. The van der Waals surface area contributed by atoms with Gasteiger partial charge in [0.15, 0.2) is 0 Å². The molecule has 28 heavy (non-hydrogen) atoms. The Morgan fingerprint density at radius 1 is 0.357 bits per heavy atom. The molecule has 0 saturated carbocycles. The smallest absolute Gasteiger partial charge is 0.0175 e. The van der Waals surface area contributed by atoms with E-state index in [-0.39, 0.29) is 0 Å². The lowest BCUT2D eigenvalue weighted by Crippen LogP contribution is -1.75. The SMILES string of the molecule is Brc1ccc(-c2ccccc2)cc1.Brc1ccc(-c2ccccc2)cc1.SS. The Labute approximate surface area is 194 Å². The van der Waals surface area contributed by atoms with Crippen molar-refractivity contribution in [2.45, 2.75) is 0 Å². The number of thiol groups is 2. The first-order chi connectivity index (χ1) is 13.7. The normalized spacial score (nSPS) is 9.43. The molecule has 0 N–H and O–H groups in total. The molecule has 0 nitrogen and oxygen atoms in total. The minimum absolute atomic E-state index is 1.12. The van der Waals surface area contributed by atoms with E-state index in [0.29, 0.717) is 0 Å². The van der Waals surface area contributed by atoms with Crippen molar-refractivity contribution in [3.05, 3.63) is 118 Å². The van der Waals surface area contributed by atoms with Crippen molar-refractivity contribution in [2.24, 2.45) is 0 Å². The molecule has 4 aromatic rings. The van der Waals surface area contributed by atoms with Crippen molar-refractivity contribution in [2.75, 3.05) is 0 Å². The molecule has 4 heteroatoms. The second kappa shape index (κ2) is 12.9. The van der Waals surface area contributed by atoms with E-state index in [1.807, 2.05) is 12.1 Å². The third-order valence-corrected chi connectivity index (χ3v) is 4.96. The molecule has 0 spiro atoms. The van der Waals surface area contributed by atoms with Gasteiger partial charge in [0.25, 0.3) is 0 Å². The summed E-state index contributed by atoms with van der Waals surface area (Å²) in [7, 11) is 0. The zero-order valence-electron chi connectivity index (χ0n) is 15.0. The van der Waals surface area contributed by atoms with Crippen LogP contribution in [0.2, 0.25) is 0 Å². The molecule has 0 aliphatic carbocycles. The first kappa shape index (κ1) is 22.8. The molecule has 0 atom stereocenters. The second-order valence-electron chi connectivity index (χ2n) is 5.75. The Balaban J connectivity index is 0.000000184. The summed E-state index contributed by atoms with van der Waals surface area (Å²) in [6.07, 6.45) is 0. The van der Waals surface area contributed by atoms with E-state index in [9.17, 15) is 0 Å². The maximum Gasteiger partial charge on any atom is 0.0175 e. The van der Waals surface area contributed by atoms with Gasteiger partial charge in [0.1, 0.15) is 0 Å². The van der Waals surface area contributed by atoms with Gasteiger partial charge in [-0.15, -0.1) is 23.3 Å². The van der Waals surface area contributed by atoms with Crippen molar-refractivity contribution in [1.29, 1.82) is 0 Å². The van der Waals surface area contributed by atoms with Gasteiger partial charge in [0.05, 0.1) is 0 Å². The van der Waals surface area contributed by atoms with Crippen molar-refractivity contribution in [1.82, 2.24) is 0 Å². The number of hydrogen-bond donors (Lipinski definition) is 2. The van der Waals surface area contributed by atoms with E-state index in [4.69, 9.17) is 0 Å². The predicted octanol–water partition coefficient (Wildman–Crippen LogP) is 8.99. The Bertz CT molecular complexity index is 843. The van der Waals surface area contributed by atoms with Crippen LogP contribution in [0.25, 0.3) is 22.3 Å². The van der Waals surface area contributed by atoms with Gasteiger partial charge >= 0.3 is 0 Å². The van der Waals surface area contributed by atoms with Gasteiger partial charge in [0, 0.05) is 8.95 Å². The molecule has 0 heterocycles. The summed E-state index contributed by atoms with van der Waals surface area (Å²) in [5, 5.41) is 0. The highest BCUT2D eigenvalue weighted by Gasteiger charge is 1.95. The highest BCUT2D eigenvalue weighted by Crippen LogP contribution is 2.21. The minimum Gasteiger partial charge on any atom is -0.115 e. The van der Waals surface area contributed by atoms with Crippen molar-refractivity contribution in [3.63, 3.8) is 0 Å². The highest BCUT2D eigenvalue weighted by atomic mass is 79.9. The lowest BCUT2D eigenvalue weighted by atomic mass is 10.1. The number of hydrogen-bond acceptors (Lipinski definition) is 2. The first-order valence-corrected chi connectivity index (χ1v) is 11.7. The van der Waals surface area contributed by atoms with E-state index in [2.05, 4.69) is 152 Å². The molecule has 4 rings (SSSR count). The van der Waals surface area contributed by atoms with Gasteiger partial charge in [-0.25, -0.2) is 0 Å². The van der Waals surface area contributed by atoms with Crippen LogP contribution in [0.15, 0.2) is 118 Å². The monoisotopic (exact) mass is 530 g/mol. The lowest BCUT2D eigenvalue weighted by molar-refractivity contribution is 1.59. The van der Waals surface area contributed by atoms with Crippen LogP contribution in [0, 0.1) is 0 Å². The van der Waals surface area contributed by atoms with Crippen LogP contribution in [0.1, 0.15) is 0 Å². The van der Waals surface area contributed by atoms with Crippen LogP contribution in [0.3, 0.4) is 0 Å². The second-order valence-corrected chi connectivity index (χ2v) is 7.58. The van der Waals surface area contributed by atoms with Crippen LogP contribution in [0.5, 0.6) is 0 Å². The van der Waals surface area contributed by atoms with Gasteiger partial charge in [-0.2, -0.15) is 0 Å². The molecule has 0 radical (unpaired) electrons. The quantitative estimate of drug-likeness (QED) is 0.187. The molecule has 0 aliphatic heterocycles. The van der Waals surface area contributed by atoms with Crippen LogP contribution in [0.4, 0.5) is 0 Å². The lowest BCUT2D eigenvalue weighted by Gasteiger charge is -2.00. The fraction of sp³-hybridized carbons (Fsp3) is 0. The van der Waals surface area contributed by atoms with Gasteiger partial charge in [-0.05, 0) is 46.5 Å². The third kappa shape index (κ3) is 7.51. The fourth-order valence-electron chi connectivity index (χ4n) is 2.55. The van der Waals surface area contributed by atoms with Gasteiger partial charge in [-0.1, -0.05) is 117 Å². The number of halogens is 2. The summed E-state index contributed by atoms with van der Waals surface area (Å²) in [6, 6.07) is 37.4. The number of benzene rings is 4. The summed E-state index contributed by atoms with van der Waals surface area (Å²) in [6.45, 7) is 0. The molecule has 142 valence electrons. The Morgan fingerprint density at radius 2 is 0.607 bits per heavy atom. The van der Waals surface area contributed by atoms with Crippen molar-refractivity contribution in [3.8, 4) is 22.3 Å². The predicted molar refractivity (Wildman–Crippen MR) is 137 cm³/mol. The summed E-state index contributed by atoms with van der Waals surface area (Å²) in [5.41, 5.74) is 5.03. The number of rotatable bonds is 2. The zero-order chi connectivity index (χ0) is 20.2. The molecule has 0 aliphatic rings. The van der Waals surface area contributed by atoms with Crippen LogP contribution >= 0.6 is 55.2 Å². The average molecular weight is 532 g/mol. The molecule has 0 bridgehead atoms. The summed E-state index contributed by atoms with van der Waals surface area (Å²) in [4.78, 5) is 0. The van der Waals surface area contributed by atoms with Gasteiger partial charge in [-0.3, -0.25) is 0 Å². The molecule has 0 unspecified atom stereocenters. The van der Waals surface area contributed by atoms with E-state index >= 15 is 0 Å². The topological polar surface area (TPSA) is 0 Å². The van der Waals surface area contributed by atoms with E-state index in [1.54, 1.807) is 0 Å². The van der Waals surface area contributed by atoms with E-state index < -0.39 is 0 Å². The summed E-state index contributed by atoms with van der Waals surface area (Å²) in [5.74, 6) is 0. The van der Waals surface area contributed by atoms with Gasteiger partial charge in [0.2, 0.25) is 0 Å². The Hall–Kier alpha value is -1.46. The molecule has 0 amide bonds.